The minimum absolute atomic E-state index is 0.148. The number of nitrogens with zero attached hydrogens (tertiary/aromatic N) is 5. The van der Waals surface area contributed by atoms with Crippen LogP contribution in [0.15, 0.2) is 0 Å². The number of hydrogen-bond donors (Lipinski definition) is 1. The summed E-state index contributed by atoms with van der Waals surface area (Å²) >= 11 is 0. The van der Waals surface area contributed by atoms with Gasteiger partial charge >= 0.3 is 5.97 Å². The van der Waals surface area contributed by atoms with Gasteiger partial charge in [-0.2, -0.15) is 0 Å². The van der Waals surface area contributed by atoms with E-state index in [2.05, 4.69) is 34.3 Å². The van der Waals surface area contributed by atoms with Crippen molar-refractivity contribution in [1.82, 2.24) is 25.1 Å². The van der Waals surface area contributed by atoms with Gasteiger partial charge in [-0.3, -0.25) is 4.79 Å². The molecule has 7 nitrogen and oxygen atoms in total. The number of aliphatic carboxylic acids is 1. The summed E-state index contributed by atoms with van der Waals surface area (Å²) in [5.74, 6) is 0.0417. The van der Waals surface area contributed by atoms with Crippen molar-refractivity contribution in [2.75, 3.05) is 19.6 Å². The fourth-order valence-corrected chi connectivity index (χ4v) is 1.75. The molecule has 1 heterocycles. The molecule has 0 atom stereocenters. The fraction of sp³-hybridized carbons (Fsp3) is 0.818. The lowest BCUT2D eigenvalue weighted by molar-refractivity contribution is -0.137. The number of carboxylic acid groups (broad SMARTS) is 1. The van der Waals surface area contributed by atoms with Crippen LogP contribution in [0.1, 0.15) is 32.5 Å². The van der Waals surface area contributed by atoms with Crippen LogP contribution in [0.5, 0.6) is 0 Å². The minimum atomic E-state index is -0.784. The molecular weight excluding hydrogens is 234 g/mol. The van der Waals surface area contributed by atoms with Crippen LogP contribution in [0.4, 0.5) is 0 Å². The fourth-order valence-electron chi connectivity index (χ4n) is 1.75. The van der Waals surface area contributed by atoms with E-state index in [4.69, 9.17) is 5.11 Å². The highest BCUT2D eigenvalue weighted by atomic mass is 16.4. The van der Waals surface area contributed by atoms with Crippen LogP contribution in [0.2, 0.25) is 0 Å². The molecule has 0 fully saturated rings. The SMILES string of the molecule is CCN(CC)CCc1nnnn1CCCC(=O)O. The Hall–Kier alpha value is -1.50. The molecule has 1 N–H and O–H groups in total. The lowest BCUT2D eigenvalue weighted by atomic mass is 10.3. The number of tetrazole rings is 1. The molecule has 0 amide bonds. The molecule has 0 aliphatic rings. The molecule has 0 aliphatic heterocycles. The van der Waals surface area contributed by atoms with Crippen molar-refractivity contribution in [3.05, 3.63) is 5.82 Å². The second-order valence-corrected chi connectivity index (χ2v) is 4.09. The summed E-state index contributed by atoms with van der Waals surface area (Å²) in [4.78, 5) is 12.7. The van der Waals surface area contributed by atoms with Gasteiger partial charge in [0, 0.05) is 25.9 Å². The Morgan fingerprint density at radius 1 is 1.39 bits per heavy atom. The maximum atomic E-state index is 10.4. The van der Waals surface area contributed by atoms with Gasteiger partial charge in [-0.1, -0.05) is 13.8 Å². The molecule has 1 aromatic rings. The largest absolute Gasteiger partial charge is 0.481 e. The third-order valence-electron chi connectivity index (χ3n) is 2.91. The topological polar surface area (TPSA) is 84.1 Å². The Bertz CT molecular complexity index is 362. The number of aryl methyl sites for hydroxylation is 1. The summed E-state index contributed by atoms with van der Waals surface area (Å²) in [7, 11) is 0. The number of carbonyl (C=O) groups is 1. The first kappa shape index (κ1) is 14.6. The van der Waals surface area contributed by atoms with Crippen LogP contribution in [-0.2, 0) is 17.8 Å². The van der Waals surface area contributed by atoms with Gasteiger partial charge in [0.15, 0.2) is 5.82 Å². The van der Waals surface area contributed by atoms with Gasteiger partial charge in [0.1, 0.15) is 0 Å². The molecule has 0 aromatic carbocycles. The average Bonchev–Trinajstić information content (AvgIpc) is 2.78. The molecular formula is C11H21N5O2. The average molecular weight is 255 g/mol. The van der Waals surface area contributed by atoms with Crippen LogP contribution in [0, 0.1) is 0 Å². The normalized spacial score (nSPS) is 11.1. The summed E-state index contributed by atoms with van der Waals surface area (Å²) in [6, 6.07) is 0. The van der Waals surface area contributed by atoms with Crippen molar-refractivity contribution in [3.63, 3.8) is 0 Å². The standard InChI is InChI=1S/C11H21N5O2/c1-3-15(4-2)9-7-10-12-13-14-16(10)8-5-6-11(17)18/h3-9H2,1-2H3,(H,17,18). The Labute approximate surface area is 107 Å². The predicted molar refractivity (Wildman–Crippen MR) is 66.2 cm³/mol. The lowest BCUT2D eigenvalue weighted by Crippen LogP contribution is -2.26. The quantitative estimate of drug-likeness (QED) is 0.688. The van der Waals surface area contributed by atoms with Gasteiger partial charge in [-0.05, 0) is 29.9 Å². The number of hydrogen-bond acceptors (Lipinski definition) is 5. The second-order valence-electron chi connectivity index (χ2n) is 4.09. The third kappa shape index (κ3) is 4.79. The van der Waals surface area contributed by atoms with Crippen LogP contribution in [-0.4, -0.2) is 55.8 Å². The number of likely N-dealkylation sites (N-methyl/N-ethyl adjacent to an activating group) is 1. The summed E-state index contributed by atoms with van der Waals surface area (Å²) in [5, 5.41) is 20.1. The highest BCUT2D eigenvalue weighted by Crippen LogP contribution is 2.00. The van der Waals surface area contributed by atoms with Crippen LogP contribution >= 0.6 is 0 Å². The van der Waals surface area contributed by atoms with Gasteiger partial charge in [-0.25, -0.2) is 4.68 Å². The van der Waals surface area contributed by atoms with Gasteiger partial charge in [0.05, 0.1) is 0 Å². The Morgan fingerprint density at radius 2 is 2.11 bits per heavy atom. The van der Waals surface area contributed by atoms with E-state index in [9.17, 15) is 4.79 Å². The van der Waals surface area contributed by atoms with E-state index in [1.54, 1.807) is 4.68 Å². The van der Waals surface area contributed by atoms with Gasteiger partial charge in [0.25, 0.3) is 0 Å². The lowest BCUT2D eigenvalue weighted by Gasteiger charge is -2.17. The molecule has 0 saturated carbocycles. The molecule has 18 heavy (non-hydrogen) atoms. The predicted octanol–water partition coefficient (Wildman–Crippen LogP) is 0.422. The highest BCUT2D eigenvalue weighted by Gasteiger charge is 2.08. The molecule has 0 saturated heterocycles. The molecule has 0 bridgehead atoms. The van der Waals surface area contributed by atoms with Crippen LogP contribution < -0.4 is 0 Å². The maximum absolute atomic E-state index is 10.4. The number of aromatic nitrogens is 4. The Balaban J connectivity index is 2.41. The summed E-state index contributed by atoms with van der Waals surface area (Å²) < 4.78 is 1.70. The van der Waals surface area contributed by atoms with Crippen molar-refractivity contribution in [2.24, 2.45) is 0 Å². The first-order chi connectivity index (χ1) is 8.67. The Kier molecular flexibility index (Phi) is 6.27. The van der Waals surface area contributed by atoms with E-state index in [0.29, 0.717) is 13.0 Å². The van der Waals surface area contributed by atoms with Gasteiger partial charge in [0.2, 0.25) is 0 Å². The van der Waals surface area contributed by atoms with Crippen LogP contribution in [0.3, 0.4) is 0 Å². The molecule has 0 unspecified atom stereocenters. The van der Waals surface area contributed by atoms with Crippen LogP contribution in [0.25, 0.3) is 0 Å². The summed E-state index contributed by atoms with van der Waals surface area (Å²) in [6.45, 7) is 7.76. The third-order valence-corrected chi connectivity index (χ3v) is 2.91. The van der Waals surface area contributed by atoms with Gasteiger partial charge in [-0.15, -0.1) is 5.10 Å². The molecule has 0 aliphatic carbocycles. The molecule has 7 heteroatoms. The zero-order valence-electron chi connectivity index (χ0n) is 11.0. The van der Waals surface area contributed by atoms with E-state index >= 15 is 0 Å². The molecule has 1 aromatic heterocycles. The smallest absolute Gasteiger partial charge is 0.303 e. The van der Waals surface area contributed by atoms with E-state index in [1.807, 2.05) is 0 Å². The Morgan fingerprint density at radius 3 is 2.72 bits per heavy atom. The van der Waals surface area contributed by atoms with Crippen molar-refractivity contribution < 1.29 is 9.90 Å². The second kappa shape index (κ2) is 7.75. The first-order valence-corrected chi connectivity index (χ1v) is 6.36. The molecule has 102 valence electrons. The number of carboxylic acids is 1. The van der Waals surface area contributed by atoms with Crippen molar-refractivity contribution >= 4 is 5.97 Å². The number of rotatable bonds is 9. The van der Waals surface area contributed by atoms with E-state index in [0.717, 1.165) is 31.9 Å². The minimum Gasteiger partial charge on any atom is -0.481 e. The van der Waals surface area contributed by atoms with Crippen molar-refractivity contribution in [1.29, 1.82) is 0 Å². The van der Waals surface area contributed by atoms with E-state index in [-0.39, 0.29) is 6.42 Å². The first-order valence-electron chi connectivity index (χ1n) is 6.36. The van der Waals surface area contributed by atoms with Gasteiger partial charge < -0.3 is 10.0 Å². The zero-order valence-corrected chi connectivity index (χ0v) is 11.0. The summed E-state index contributed by atoms with van der Waals surface area (Å²) in [5.41, 5.74) is 0. The molecule has 0 spiro atoms. The molecule has 0 radical (unpaired) electrons. The van der Waals surface area contributed by atoms with Crippen molar-refractivity contribution in [2.45, 2.75) is 39.7 Å². The molecule has 1 rings (SSSR count). The van der Waals surface area contributed by atoms with Crippen molar-refractivity contribution in [3.8, 4) is 0 Å². The summed E-state index contributed by atoms with van der Waals surface area (Å²) in [6.07, 6.45) is 1.50. The van der Waals surface area contributed by atoms with E-state index < -0.39 is 5.97 Å². The monoisotopic (exact) mass is 255 g/mol. The highest BCUT2D eigenvalue weighted by molar-refractivity contribution is 5.66. The maximum Gasteiger partial charge on any atom is 0.303 e. The zero-order chi connectivity index (χ0) is 13.4. The van der Waals surface area contributed by atoms with E-state index in [1.165, 1.54) is 0 Å².